The maximum Gasteiger partial charge on any atom is 0.315 e. The first-order valence-corrected chi connectivity index (χ1v) is 4.83. The molecule has 2 rings (SSSR count). The number of aromatic nitrogens is 3. The lowest BCUT2D eigenvalue weighted by atomic mass is 10.4. The molecule has 0 amide bonds. The van der Waals surface area contributed by atoms with Crippen molar-refractivity contribution in [2.75, 3.05) is 0 Å². The molecule has 6 nitrogen and oxygen atoms in total. The van der Waals surface area contributed by atoms with E-state index in [-0.39, 0.29) is 11.2 Å². The first-order chi connectivity index (χ1) is 6.59. The van der Waals surface area contributed by atoms with Crippen LogP contribution in [0.3, 0.4) is 0 Å². The van der Waals surface area contributed by atoms with Crippen LogP contribution in [0.5, 0.6) is 0 Å². The van der Waals surface area contributed by atoms with E-state index in [2.05, 4.69) is 35.3 Å². The van der Waals surface area contributed by atoms with Crippen molar-refractivity contribution < 1.29 is 4.92 Å². The molecule has 1 unspecified atom stereocenters. The molecule has 0 fully saturated rings. The van der Waals surface area contributed by atoms with Gasteiger partial charge in [-0.1, -0.05) is 0 Å². The maximum atomic E-state index is 10.6. The van der Waals surface area contributed by atoms with Gasteiger partial charge in [0.1, 0.15) is 4.60 Å². The Morgan fingerprint density at radius 1 is 1.64 bits per heavy atom. The predicted molar refractivity (Wildman–Crippen MR) is 57.0 cm³/mol. The lowest BCUT2D eigenvalue weighted by Gasteiger charge is -1.92. The van der Waals surface area contributed by atoms with Gasteiger partial charge in [-0.05, 0) is 25.3 Å². The van der Waals surface area contributed by atoms with Crippen molar-refractivity contribution in [1.29, 1.82) is 0 Å². The molecule has 0 saturated carbocycles. The van der Waals surface area contributed by atoms with Gasteiger partial charge in [-0.25, -0.2) is 9.97 Å². The lowest BCUT2D eigenvalue weighted by molar-refractivity contribution is -0.383. The highest BCUT2D eigenvalue weighted by Crippen LogP contribution is 2.26. The molecular weight excluding hydrogens is 271 g/mol. The topological polar surface area (TPSA) is 73.8 Å². The van der Waals surface area contributed by atoms with Crippen LogP contribution in [0.4, 0.5) is 5.69 Å². The first kappa shape index (κ1) is 9.48. The predicted octanol–water partition coefficient (Wildman–Crippen LogP) is 1.74. The standard InChI is InChI=1S/C6H4BrN4O2P/c7-4-1-8-6-5(9-4)3(11(12)13)2-10(6)14/h1-2H,14H2. The van der Waals surface area contributed by atoms with Crippen LogP contribution >= 0.6 is 25.3 Å². The van der Waals surface area contributed by atoms with Crippen molar-refractivity contribution >= 4 is 42.2 Å². The van der Waals surface area contributed by atoms with Gasteiger partial charge in [0.05, 0.1) is 17.3 Å². The van der Waals surface area contributed by atoms with E-state index in [1.165, 1.54) is 16.7 Å². The van der Waals surface area contributed by atoms with Crippen molar-refractivity contribution in [3.05, 3.63) is 27.1 Å². The van der Waals surface area contributed by atoms with Gasteiger partial charge in [0.2, 0.25) is 0 Å². The van der Waals surface area contributed by atoms with Crippen LogP contribution in [0.15, 0.2) is 17.0 Å². The average Bonchev–Trinajstić information content (AvgIpc) is 2.43. The van der Waals surface area contributed by atoms with Crippen LogP contribution in [0.25, 0.3) is 11.2 Å². The number of rotatable bonds is 1. The Morgan fingerprint density at radius 3 is 3.00 bits per heavy atom. The average molecular weight is 275 g/mol. The fourth-order valence-corrected chi connectivity index (χ4v) is 1.72. The molecule has 0 saturated heterocycles. The highest BCUT2D eigenvalue weighted by atomic mass is 79.9. The van der Waals surface area contributed by atoms with Crippen LogP contribution in [0.1, 0.15) is 0 Å². The summed E-state index contributed by atoms with van der Waals surface area (Å²) in [6.45, 7) is 0. The summed E-state index contributed by atoms with van der Waals surface area (Å²) in [7, 11) is 2.32. The largest absolute Gasteiger partial charge is 0.315 e. The van der Waals surface area contributed by atoms with Gasteiger partial charge in [0, 0.05) is 0 Å². The van der Waals surface area contributed by atoms with Gasteiger partial charge in [-0.15, -0.1) is 0 Å². The Hall–Kier alpha value is -1.07. The number of fused-ring (bicyclic) bond motifs is 1. The van der Waals surface area contributed by atoms with E-state index in [1.807, 2.05) is 0 Å². The Morgan fingerprint density at radius 2 is 2.36 bits per heavy atom. The molecule has 0 spiro atoms. The molecule has 0 aliphatic rings. The van der Waals surface area contributed by atoms with Crippen LogP contribution in [-0.2, 0) is 0 Å². The number of halogens is 1. The van der Waals surface area contributed by atoms with Gasteiger partial charge in [-0.2, -0.15) is 0 Å². The van der Waals surface area contributed by atoms with Crippen molar-refractivity contribution in [2.24, 2.45) is 0 Å². The summed E-state index contributed by atoms with van der Waals surface area (Å²) in [6.07, 6.45) is 2.86. The molecule has 0 aliphatic carbocycles. The maximum absolute atomic E-state index is 10.6. The van der Waals surface area contributed by atoms with Crippen molar-refractivity contribution in [3.8, 4) is 0 Å². The lowest BCUT2D eigenvalue weighted by Crippen LogP contribution is -1.88. The molecule has 1 atom stereocenters. The Kier molecular flexibility index (Phi) is 2.20. The van der Waals surface area contributed by atoms with E-state index in [0.717, 1.165) is 0 Å². The number of nitro groups is 1. The number of nitrogens with zero attached hydrogens (tertiary/aromatic N) is 4. The van der Waals surface area contributed by atoms with E-state index in [0.29, 0.717) is 10.3 Å². The zero-order valence-electron chi connectivity index (χ0n) is 6.72. The summed E-state index contributed by atoms with van der Waals surface area (Å²) in [4.78, 5) is 18.2. The second-order valence-corrected chi connectivity index (χ2v) is 3.91. The molecule has 0 aliphatic heterocycles. The van der Waals surface area contributed by atoms with Crippen LogP contribution in [0.2, 0.25) is 0 Å². The molecule has 0 bridgehead atoms. The van der Waals surface area contributed by atoms with Gasteiger partial charge >= 0.3 is 5.69 Å². The SMILES string of the molecule is O=[N+]([O-])c1cn(P)c2ncc(Br)nc12. The monoisotopic (exact) mass is 274 g/mol. The summed E-state index contributed by atoms with van der Waals surface area (Å²) in [5.74, 6) is 0. The summed E-state index contributed by atoms with van der Waals surface area (Å²) in [5.41, 5.74) is 0.688. The zero-order chi connectivity index (χ0) is 10.3. The number of hydrogen-bond acceptors (Lipinski definition) is 4. The van der Waals surface area contributed by atoms with Crippen LogP contribution in [-0.4, -0.2) is 19.2 Å². The summed E-state index contributed by atoms with van der Waals surface area (Å²) >= 11 is 3.11. The second kappa shape index (κ2) is 3.25. The minimum absolute atomic E-state index is 0.0520. The van der Waals surface area contributed by atoms with Gasteiger partial charge in [0.25, 0.3) is 0 Å². The fraction of sp³-hybridized carbons (Fsp3) is 0. The highest BCUT2D eigenvalue weighted by molar-refractivity contribution is 9.10. The van der Waals surface area contributed by atoms with E-state index >= 15 is 0 Å². The third kappa shape index (κ3) is 1.38. The fourth-order valence-electron chi connectivity index (χ4n) is 1.11. The van der Waals surface area contributed by atoms with Crippen molar-refractivity contribution in [3.63, 3.8) is 0 Å². The Labute approximate surface area is 88.9 Å². The molecule has 72 valence electrons. The Balaban J connectivity index is 2.85. The quantitative estimate of drug-likeness (QED) is 0.451. The van der Waals surface area contributed by atoms with Crippen molar-refractivity contribution in [1.82, 2.24) is 14.3 Å². The zero-order valence-corrected chi connectivity index (χ0v) is 9.46. The van der Waals surface area contributed by atoms with Gasteiger partial charge in [-0.3, -0.25) is 10.1 Å². The van der Waals surface area contributed by atoms with Crippen molar-refractivity contribution in [2.45, 2.75) is 0 Å². The minimum atomic E-state index is -0.482. The first-order valence-electron chi connectivity index (χ1n) is 3.52. The van der Waals surface area contributed by atoms with E-state index in [4.69, 9.17) is 0 Å². The third-order valence-electron chi connectivity index (χ3n) is 1.67. The van der Waals surface area contributed by atoms with Gasteiger partial charge < -0.3 is 4.34 Å². The van der Waals surface area contributed by atoms with Crippen LogP contribution < -0.4 is 0 Å². The van der Waals surface area contributed by atoms with E-state index in [1.54, 1.807) is 0 Å². The summed E-state index contributed by atoms with van der Waals surface area (Å²) in [6, 6.07) is 0. The Bertz CT molecular complexity index is 526. The summed E-state index contributed by atoms with van der Waals surface area (Å²) < 4.78 is 1.97. The third-order valence-corrected chi connectivity index (χ3v) is 2.44. The highest BCUT2D eigenvalue weighted by Gasteiger charge is 2.18. The molecule has 2 aromatic rings. The second-order valence-electron chi connectivity index (χ2n) is 2.54. The van der Waals surface area contributed by atoms with Gasteiger partial charge in [0.15, 0.2) is 11.2 Å². The minimum Gasteiger partial charge on any atom is -0.309 e. The molecular formula is C6H4BrN4O2P. The molecule has 0 aromatic carbocycles. The molecule has 8 heteroatoms. The molecule has 0 N–H and O–H groups in total. The molecule has 0 radical (unpaired) electrons. The van der Waals surface area contributed by atoms with E-state index in [9.17, 15) is 10.1 Å². The summed E-state index contributed by atoms with van der Waals surface area (Å²) in [5, 5.41) is 10.6. The molecule has 2 heterocycles. The molecule has 14 heavy (non-hydrogen) atoms. The van der Waals surface area contributed by atoms with Crippen LogP contribution in [0, 0.1) is 10.1 Å². The van der Waals surface area contributed by atoms with E-state index < -0.39 is 4.92 Å². The normalized spacial score (nSPS) is 10.7. The molecule has 2 aromatic heterocycles. The smallest absolute Gasteiger partial charge is 0.309 e. The number of hydrogen-bond donors (Lipinski definition) is 0.